The van der Waals surface area contributed by atoms with Crippen molar-refractivity contribution in [1.82, 2.24) is 10.6 Å². The highest BCUT2D eigenvalue weighted by Gasteiger charge is 2.31. The number of carbonyl (C=O) groups excluding carboxylic acids is 3. The Hall–Kier alpha value is -2.79. The molecule has 0 aliphatic carbocycles. The van der Waals surface area contributed by atoms with Crippen molar-refractivity contribution in [3.05, 3.63) is 60.2 Å². The van der Waals surface area contributed by atoms with E-state index in [2.05, 4.69) is 10.6 Å². The SMILES string of the molecule is CCC(=O)OC(OP(=O)(O)CNC(Cc1ccc(-c2ccccc2)cc1)C(=O)NCCC(=O)OCCCCCN)C(C)C.Cl. The number of hydrogen-bond acceptors (Lipinski definition) is 9. The zero-order valence-electron chi connectivity index (χ0n) is 25.7. The molecule has 2 aromatic rings. The van der Waals surface area contributed by atoms with E-state index in [1.807, 2.05) is 54.6 Å². The molecule has 2 aromatic carbocycles. The summed E-state index contributed by atoms with van der Waals surface area (Å²) in [6.45, 7) is 5.93. The van der Waals surface area contributed by atoms with Crippen molar-refractivity contribution in [2.24, 2.45) is 11.7 Å². The highest BCUT2D eigenvalue weighted by atomic mass is 35.5. The normalized spacial score (nSPS) is 13.7. The average molecular weight is 656 g/mol. The summed E-state index contributed by atoms with van der Waals surface area (Å²) in [5, 5.41) is 5.55. The van der Waals surface area contributed by atoms with Gasteiger partial charge >= 0.3 is 19.5 Å². The first-order chi connectivity index (χ1) is 20.5. The van der Waals surface area contributed by atoms with Crippen molar-refractivity contribution in [3.8, 4) is 11.1 Å². The van der Waals surface area contributed by atoms with Crippen LogP contribution in [0.4, 0.5) is 0 Å². The minimum absolute atomic E-state index is 0. The molecule has 5 N–H and O–H groups in total. The van der Waals surface area contributed by atoms with Crippen molar-refractivity contribution >= 4 is 37.8 Å². The fraction of sp³-hybridized carbons (Fsp3) is 0.516. The summed E-state index contributed by atoms with van der Waals surface area (Å²) in [4.78, 5) is 47.5. The second kappa shape index (κ2) is 21.0. The van der Waals surface area contributed by atoms with Crippen molar-refractivity contribution < 1.29 is 37.8 Å². The topological polar surface area (TPSA) is 166 Å². The van der Waals surface area contributed by atoms with Gasteiger partial charge in [0.15, 0.2) is 0 Å². The Morgan fingerprint density at radius 1 is 0.955 bits per heavy atom. The van der Waals surface area contributed by atoms with E-state index in [0.717, 1.165) is 36.0 Å². The standard InChI is InChI=1S/C31H46N3O8P.ClH/c1-4-28(35)41-31(23(2)3)42-43(38,39)22-34-27(30(37)33-19-17-29(36)40-20-10-6-9-18-32)21-24-13-15-26(16-14-24)25-11-7-5-8-12-25;/h5,7-8,11-16,23,27,31,34H,4,6,9-10,17-22,32H2,1-3H3,(H,33,37)(H,38,39);1H. The van der Waals surface area contributed by atoms with E-state index >= 15 is 0 Å². The Labute approximate surface area is 266 Å². The molecule has 13 heteroatoms. The van der Waals surface area contributed by atoms with E-state index in [4.69, 9.17) is 19.7 Å². The molecular formula is C31H47ClN3O8P. The van der Waals surface area contributed by atoms with E-state index in [1.54, 1.807) is 20.8 Å². The molecular weight excluding hydrogens is 609 g/mol. The van der Waals surface area contributed by atoms with E-state index in [0.29, 0.717) is 13.2 Å². The maximum atomic E-state index is 13.2. The second-order valence-corrected chi connectivity index (χ2v) is 12.3. The van der Waals surface area contributed by atoms with Crippen molar-refractivity contribution in [2.75, 3.05) is 26.0 Å². The number of carbonyl (C=O) groups is 3. The smallest absolute Gasteiger partial charge is 0.344 e. The third-order valence-electron chi connectivity index (χ3n) is 6.44. The van der Waals surface area contributed by atoms with Gasteiger partial charge in [0.2, 0.25) is 12.2 Å². The third kappa shape index (κ3) is 15.3. The van der Waals surface area contributed by atoms with E-state index in [9.17, 15) is 23.8 Å². The van der Waals surface area contributed by atoms with Gasteiger partial charge in [0.05, 0.1) is 25.4 Å². The Kier molecular flexibility index (Phi) is 18.8. The van der Waals surface area contributed by atoms with Crippen molar-refractivity contribution in [2.45, 2.75) is 71.6 Å². The minimum Gasteiger partial charge on any atom is -0.466 e. The second-order valence-electron chi connectivity index (χ2n) is 10.5. The van der Waals surface area contributed by atoms with Crippen LogP contribution in [-0.4, -0.2) is 61.1 Å². The summed E-state index contributed by atoms with van der Waals surface area (Å²) in [6, 6.07) is 16.6. The molecule has 0 saturated heterocycles. The van der Waals surface area contributed by atoms with Crippen LogP contribution in [0.5, 0.6) is 0 Å². The molecule has 1 amide bonds. The number of benzene rings is 2. The first-order valence-electron chi connectivity index (χ1n) is 14.8. The summed E-state index contributed by atoms with van der Waals surface area (Å²) < 4.78 is 28.6. The lowest BCUT2D eigenvalue weighted by molar-refractivity contribution is -0.170. The predicted molar refractivity (Wildman–Crippen MR) is 172 cm³/mol. The number of ether oxygens (including phenoxy) is 2. The molecule has 0 bridgehead atoms. The van der Waals surface area contributed by atoms with E-state index < -0.39 is 44.1 Å². The molecule has 0 radical (unpaired) electrons. The van der Waals surface area contributed by atoms with Gasteiger partial charge in [0.1, 0.15) is 0 Å². The first-order valence-corrected chi connectivity index (χ1v) is 16.5. The van der Waals surface area contributed by atoms with Gasteiger partial charge in [0, 0.05) is 18.9 Å². The Balaban J connectivity index is 0.00000968. The highest BCUT2D eigenvalue weighted by molar-refractivity contribution is 7.52. The van der Waals surface area contributed by atoms with Gasteiger partial charge in [-0.3, -0.25) is 28.8 Å². The van der Waals surface area contributed by atoms with Crippen LogP contribution in [0.1, 0.15) is 58.4 Å². The molecule has 2 rings (SSSR count). The summed E-state index contributed by atoms with van der Waals surface area (Å²) >= 11 is 0. The Morgan fingerprint density at radius 3 is 2.23 bits per heavy atom. The number of halogens is 1. The molecule has 3 unspecified atom stereocenters. The van der Waals surface area contributed by atoms with E-state index in [1.165, 1.54) is 0 Å². The molecule has 0 aromatic heterocycles. The summed E-state index contributed by atoms with van der Waals surface area (Å²) in [7, 11) is -4.33. The number of amides is 1. The number of esters is 2. The largest absolute Gasteiger partial charge is 0.466 e. The van der Waals surface area contributed by atoms with Crippen LogP contribution in [0.15, 0.2) is 54.6 Å². The molecule has 11 nitrogen and oxygen atoms in total. The number of nitrogens with one attached hydrogen (secondary N) is 2. The van der Waals surface area contributed by atoms with Gasteiger partial charge in [0.25, 0.3) is 0 Å². The van der Waals surface area contributed by atoms with Crippen LogP contribution < -0.4 is 16.4 Å². The van der Waals surface area contributed by atoms with Crippen LogP contribution >= 0.6 is 20.0 Å². The molecule has 3 atom stereocenters. The molecule has 0 heterocycles. The fourth-order valence-electron chi connectivity index (χ4n) is 3.97. The van der Waals surface area contributed by atoms with Gasteiger partial charge < -0.3 is 25.4 Å². The molecule has 246 valence electrons. The third-order valence-corrected chi connectivity index (χ3v) is 7.56. The predicted octanol–water partition coefficient (Wildman–Crippen LogP) is 4.55. The molecule has 0 fully saturated rings. The lowest BCUT2D eigenvalue weighted by Crippen LogP contribution is -2.46. The number of unbranched alkanes of at least 4 members (excludes halogenated alkanes) is 2. The van der Waals surface area contributed by atoms with Crippen molar-refractivity contribution in [1.29, 1.82) is 0 Å². The molecule has 44 heavy (non-hydrogen) atoms. The first kappa shape index (κ1) is 39.2. The summed E-state index contributed by atoms with van der Waals surface area (Å²) in [5.41, 5.74) is 8.34. The zero-order chi connectivity index (χ0) is 31.7. The molecule has 0 saturated carbocycles. The van der Waals surface area contributed by atoms with Gasteiger partial charge in [-0.25, -0.2) is 0 Å². The molecule has 0 aliphatic heterocycles. The monoisotopic (exact) mass is 655 g/mol. The maximum Gasteiger partial charge on any atom is 0.344 e. The van der Waals surface area contributed by atoms with Crippen LogP contribution in [0.25, 0.3) is 11.1 Å². The fourth-order valence-corrected chi connectivity index (χ4v) is 5.10. The van der Waals surface area contributed by atoms with Gasteiger partial charge in [-0.1, -0.05) is 75.4 Å². The minimum atomic E-state index is -4.33. The zero-order valence-corrected chi connectivity index (χ0v) is 27.4. The maximum absolute atomic E-state index is 13.2. The van der Waals surface area contributed by atoms with Crippen LogP contribution in [0.3, 0.4) is 0 Å². The number of nitrogens with two attached hydrogens (primary N) is 1. The van der Waals surface area contributed by atoms with Crippen LogP contribution in [0, 0.1) is 5.92 Å². The summed E-state index contributed by atoms with van der Waals surface area (Å²) in [6.07, 6.45) is 0.959. The summed E-state index contributed by atoms with van der Waals surface area (Å²) in [5.74, 6) is -1.82. The average Bonchev–Trinajstić information content (AvgIpc) is 2.99. The lowest BCUT2D eigenvalue weighted by atomic mass is 10.0. The molecule has 0 spiro atoms. The lowest BCUT2D eigenvalue weighted by Gasteiger charge is -2.25. The Bertz CT molecular complexity index is 1180. The number of hydrogen-bond donors (Lipinski definition) is 4. The van der Waals surface area contributed by atoms with Gasteiger partial charge in [-0.2, -0.15) is 0 Å². The quantitative estimate of drug-likeness (QED) is 0.0688. The van der Waals surface area contributed by atoms with Crippen LogP contribution in [0.2, 0.25) is 0 Å². The molecule has 0 aliphatic rings. The van der Waals surface area contributed by atoms with Crippen LogP contribution in [-0.2, 0) is 39.4 Å². The van der Waals surface area contributed by atoms with Gasteiger partial charge in [-0.05, 0) is 48.9 Å². The number of rotatable bonds is 20. The van der Waals surface area contributed by atoms with Gasteiger partial charge in [-0.15, -0.1) is 12.4 Å². The Morgan fingerprint density at radius 2 is 1.61 bits per heavy atom. The highest BCUT2D eigenvalue weighted by Crippen LogP contribution is 2.43. The van der Waals surface area contributed by atoms with E-state index in [-0.39, 0.29) is 44.1 Å². The van der Waals surface area contributed by atoms with Crippen molar-refractivity contribution in [3.63, 3.8) is 0 Å².